The van der Waals surface area contributed by atoms with Gasteiger partial charge in [-0.1, -0.05) is 12.8 Å². The number of hydrogen-bond acceptors (Lipinski definition) is 7. The Labute approximate surface area is 231 Å². The molecule has 5 rings (SSSR count). The molecule has 0 spiro atoms. The van der Waals surface area contributed by atoms with Crippen molar-refractivity contribution in [2.45, 2.75) is 83.5 Å². The number of nitrogens with zero attached hydrogens (tertiary/aromatic N) is 4. The third-order valence-electron chi connectivity index (χ3n) is 8.21. The minimum atomic E-state index is -0.254. The Balaban J connectivity index is 1.40. The molecular weight excluding hydrogens is 492 g/mol. The van der Waals surface area contributed by atoms with Crippen LogP contribution in [0.2, 0.25) is 0 Å². The van der Waals surface area contributed by atoms with Gasteiger partial charge < -0.3 is 30.1 Å². The van der Waals surface area contributed by atoms with Crippen molar-refractivity contribution in [1.82, 2.24) is 15.2 Å². The molecule has 2 N–H and O–H groups in total. The molecule has 1 aromatic carbocycles. The van der Waals surface area contributed by atoms with Crippen LogP contribution in [0.1, 0.15) is 69.7 Å². The summed E-state index contributed by atoms with van der Waals surface area (Å²) in [7, 11) is 3.93. The molecule has 2 aliphatic heterocycles. The second-order valence-electron chi connectivity index (χ2n) is 11.5. The summed E-state index contributed by atoms with van der Waals surface area (Å²) >= 11 is 0. The lowest BCUT2D eigenvalue weighted by Gasteiger charge is -2.42. The summed E-state index contributed by atoms with van der Waals surface area (Å²) < 4.78 is 6.14. The summed E-state index contributed by atoms with van der Waals surface area (Å²) in [6.45, 7) is 7.90. The molecule has 3 aliphatic rings. The fourth-order valence-corrected chi connectivity index (χ4v) is 6.01. The van der Waals surface area contributed by atoms with Crippen molar-refractivity contribution in [3.05, 3.63) is 35.9 Å². The van der Waals surface area contributed by atoms with Crippen molar-refractivity contribution in [3.63, 3.8) is 0 Å². The molecule has 1 aliphatic carbocycles. The van der Waals surface area contributed by atoms with Gasteiger partial charge in [0, 0.05) is 24.7 Å². The molecule has 2 amide bonds. The average Bonchev–Trinajstić information content (AvgIpc) is 3.44. The topological polar surface area (TPSA) is 90.0 Å². The predicted molar refractivity (Wildman–Crippen MR) is 155 cm³/mol. The Hall–Kier alpha value is -3.33. The van der Waals surface area contributed by atoms with E-state index in [0.29, 0.717) is 23.2 Å². The molecule has 3 heterocycles. The number of aromatic nitrogens is 1. The SMILES string of the molecule is CC(C)Oc1cc(C(=O)NC2CCN(C)CC2)ccc1Nc1ccc2c(n1)N(C1CCCC1)[C@H](C)C(=O)N2C. The van der Waals surface area contributed by atoms with Crippen molar-refractivity contribution in [2.24, 2.45) is 0 Å². The van der Waals surface area contributed by atoms with E-state index in [-0.39, 0.29) is 30.0 Å². The first-order chi connectivity index (χ1) is 18.7. The fraction of sp³-hybridized carbons (Fsp3) is 0.567. The van der Waals surface area contributed by atoms with Gasteiger partial charge in [-0.25, -0.2) is 4.98 Å². The number of piperidine rings is 1. The first-order valence-electron chi connectivity index (χ1n) is 14.4. The van der Waals surface area contributed by atoms with E-state index < -0.39 is 0 Å². The third-order valence-corrected chi connectivity index (χ3v) is 8.21. The summed E-state index contributed by atoms with van der Waals surface area (Å²) in [6, 6.07) is 9.64. The zero-order valence-electron chi connectivity index (χ0n) is 23.9. The number of nitrogens with one attached hydrogen (secondary N) is 2. The maximum Gasteiger partial charge on any atom is 0.251 e. The number of hydrogen-bond donors (Lipinski definition) is 2. The minimum Gasteiger partial charge on any atom is -0.489 e. The molecule has 0 radical (unpaired) electrons. The highest BCUT2D eigenvalue weighted by molar-refractivity contribution is 6.04. The van der Waals surface area contributed by atoms with E-state index in [1.54, 1.807) is 4.90 Å². The van der Waals surface area contributed by atoms with E-state index >= 15 is 0 Å². The maximum absolute atomic E-state index is 13.1. The molecule has 1 atom stereocenters. The van der Waals surface area contributed by atoms with Gasteiger partial charge in [0.15, 0.2) is 5.82 Å². The maximum atomic E-state index is 13.1. The van der Waals surface area contributed by atoms with Gasteiger partial charge in [-0.3, -0.25) is 9.59 Å². The highest BCUT2D eigenvalue weighted by Gasteiger charge is 2.39. The van der Waals surface area contributed by atoms with E-state index in [2.05, 4.69) is 27.5 Å². The Bertz CT molecular complexity index is 1200. The number of anilines is 4. The second kappa shape index (κ2) is 11.4. The van der Waals surface area contributed by atoms with Crippen LogP contribution in [0.4, 0.5) is 23.0 Å². The quantitative estimate of drug-likeness (QED) is 0.539. The molecule has 0 unspecified atom stereocenters. The van der Waals surface area contributed by atoms with Crippen molar-refractivity contribution >= 4 is 34.8 Å². The number of ether oxygens (including phenoxy) is 1. The monoisotopic (exact) mass is 534 g/mol. The first kappa shape index (κ1) is 27.2. The molecule has 1 saturated carbocycles. The Morgan fingerprint density at radius 2 is 1.77 bits per heavy atom. The molecule has 2 aromatic rings. The number of likely N-dealkylation sites (tertiary alicyclic amines) is 1. The van der Waals surface area contributed by atoms with Gasteiger partial charge in [-0.05, 0) is 96.9 Å². The van der Waals surface area contributed by atoms with Gasteiger partial charge in [0.05, 0.1) is 17.5 Å². The molecule has 9 heteroatoms. The molecule has 1 aromatic heterocycles. The normalized spacial score (nSPS) is 20.9. The zero-order valence-corrected chi connectivity index (χ0v) is 23.9. The van der Waals surface area contributed by atoms with E-state index in [1.165, 1.54) is 12.8 Å². The molecule has 1 saturated heterocycles. The summed E-state index contributed by atoms with van der Waals surface area (Å²) in [6.07, 6.45) is 6.36. The first-order valence-corrected chi connectivity index (χ1v) is 14.4. The number of pyridine rings is 1. The number of likely N-dealkylation sites (N-methyl/N-ethyl adjacent to an activating group) is 1. The Morgan fingerprint density at radius 1 is 1.05 bits per heavy atom. The Kier molecular flexibility index (Phi) is 7.98. The van der Waals surface area contributed by atoms with Crippen LogP contribution >= 0.6 is 0 Å². The number of fused-ring (bicyclic) bond motifs is 1. The summed E-state index contributed by atoms with van der Waals surface area (Å²) in [4.78, 5) is 37.3. The third kappa shape index (κ3) is 5.83. The van der Waals surface area contributed by atoms with Gasteiger partial charge in [-0.15, -0.1) is 0 Å². The van der Waals surface area contributed by atoms with Gasteiger partial charge in [0.25, 0.3) is 5.91 Å². The number of amides is 2. The van der Waals surface area contributed by atoms with Gasteiger partial charge >= 0.3 is 0 Å². The van der Waals surface area contributed by atoms with E-state index in [0.717, 1.165) is 56.0 Å². The second-order valence-corrected chi connectivity index (χ2v) is 11.5. The number of carbonyl (C=O) groups excluding carboxylic acids is 2. The standard InChI is InChI=1S/C30H42N6O3/c1-19(2)39-26-18-21(29(37)31-22-14-16-34(4)17-15-22)10-11-24(26)32-27-13-12-25-28(33-27)36(23-8-6-7-9-23)20(3)30(38)35(25)5/h10-13,18-20,22-23H,6-9,14-17H2,1-5H3,(H,31,37)(H,32,33)/t20-/m1/s1. The average molecular weight is 535 g/mol. The van der Waals surface area contributed by atoms with Crippen LogP contribution in [0.15, 0.2) is 30.3 Å². The minimum absolute atomic E-state index is 0.0624. The van der Waals surface area contributed by atoms with Crippen LogP contribution in [0.5, 0.6) is 5.75 Å². The highest BCUT2D eigenvalue weighted by Crippen LogP contribution is 2.40. The Morgan fingerprint density at radius 3 is 2.46 bits per heavy atom. The molecular formula is C30H42N6O3. The number of carbonyl (C=O) groups is 2. The van der Waals surface area contributed by atoms with Crippen LogP contribution in [0.3, 0.4) is 0 Å². The van der Waals surface area contributed by atoms with E-state index in [1.807, 2.05) is 58.2 Å². The van der Waals surface area contributed by atoms with Crippen molar-refractivity contribution < 1.29 is 14.3 Å². The highest BCUT2D eigenvalue weighted by atomic mass is 16.5. The van der Waals surface area contributed by atoms with Crippen molar-refractivity contribution in [3.8, 4) is 5.75 Å². The molecule has 210 valence electrons. The van der Waals surface area contributed by atoms with Crippen LogP contribution in [0, 0.1) is 0 Å². The largest absolute Gasteiger partial charge is 0.489 e. The summed E-state index contributed by atoms with van der Waals surface area (Å²) in [5.41, 5.74) is 2.15. The lowest BCUT2D eigenvalue weighted by atomic mass is 10.0. The van der Waals surface area contributed by atoms with E-state index in [4.69, 9.17) is 9.72 Å². The fourth-order valence-electron chi connectivity index (χ4n) is 6.01. The molecule has 2 fully saturated rings. The van der Waals surface area contributed by atoms with Crippen LogP contribution < -0.4 is 25.2 Å². The van der Waals surface area contributed by atoms with Gasteiger partial charge in [0.2, 0.25) is 5.91 Å². The zero-order chi connectivity index (χ0) is 27.7. The van der Waals surface area contributed by atoms with E-state index in [9.17, 15) is 9.59 Å². The smallest absolute Gasteiger partial charge is 0.251 e. The lowest BCUT2D eigenvalue weighted by Crippen LogP contribution is -2.54. The number of rotatable bonds is 7. The molecule has 39 heavy (non-hydrogen) atoms. The molecule has 0 bridgehead atoms. The van der Waals surface area contributed by atoms with Crippen LogP contribution in [0.25, 0.3) is 0 Å². The van der Waals surface area contributed by atoms with Crippen LogP contribution in [-0.2, 0) is 4.79 Å². The predicted octanol–water partition coefficient (Wildman–Crippen LogP) is 4.55. The van der Waals surface area contributed by atoms with Gasteiger partial charge in [-0.2, -0.15) is 0 Å². The lowest BCUT2D eigenvalue weighted by molar-refractivity contribution is -0.119. The van der Waals surface area contributed by atoms with Crippen molar-refractivity contribution in [2.75, 3.05) is 42.3 Å². The van der Waals surface area contributed by atoms with Crippen molar-refractivity contribution in [1.29, 1.82) is 0 Å². The molecule has 9 nitrogen and oxygen atoms in total. The summed E-state index contributed by atoms with van der Waals surface area (Å²) in [5, 5.41) is 6.62. The number of benzene rings is 1. The summed E-state index contributed by atoms with van der Waals surface area (Å²) in [5.74, 6) is 2.13. The van der Waals surface area contributed by atoms with Crippen LogP contribution in [-0.4, -0.2) is 73.1 Å². The van der Waals surface area contributed by atoms with Gasteiger partial charge in [0.1, 0.15) is 17.6 Å².